The average Bonchev–Trinajstić information content (AvgIpc) is 2.35. The lowest BCUT2D eigenvalue weighted by atomic mass is 10.1. The highest BCUT2D eigenvalue weighted by atomic mass is 32.2. The fraction of sp³-hybridized carbons (Fsp3) is 0.533. The molecule has 0 aliphatic rings. The van der Waals surface area contributed by atoms with Crippen LogP contribution in [-0.4, -0.2) is 29.7 Å². The van der Waals surface area contributed by atoms with Gasteiger partial charge in [0.2, 0.25) is 10.0 Å². The van der Waals surface area contributed by atoms with Gasteiger partial charge in [0.25, 0.3) is 0 Å². The summed E-state index contributed by atoms with van der Waals surface area (Å²) < 4.78 is 32.2. The number of ether oxygens (including phenoxy) is 1. The van der Waals surface area contributed by atoms with Gasteiger partial charge < -0.3 is 4.74 Å². The maximum absolute atomic E-state index is 12.4. The summed E-state index contributed by atoms with van der Waals surface area (Å²) in [5.41, 5.74) is 1.04. The van der Waals surface area contributed by atoms with E-state index in [0.29, 0.717) is 11.1 Å². The fourth-order valence-electron chi connectivity index (χ4n) is 1.65. The first-order valence-corrected chi connectivity index (χ1v) is 11.7. The van der Waals surface area contributed by atoms with Crippen LogP contribution in [0, 0.1) is 0 Å². The molecule has 1 aromatic carbocycles. The van der Waals surface area contributed by atoms with E-state index in [1.807, 2.05) is 33.9 Å². The molecule has 0 radical (unpaired) electrons. The molecule has 7 heteroatoms. The van der Waals surface area contributed by atoms with E-state index in [2.05, 4.69) is 9.12 Å². The Kier molecular flexibility index (Phi) is 5.59. The van der Waals surface area contributed by atoms with Crippen molar-refractivity contribution in [1.29, 1.82) is 0 Å². The molecule has 1 N–H and O–H groups in total. The maximum Gasteiger partial charge on any atom is 0.337 e. The number of carbonyl (C=O) groups excluding carboxylic acids is 1. The number of carbonyl (C=O) groups is 1. The molecule has 22 heavy (non-hydrogen) atoms. The van der Waals surface area contributed by atoms with Gasteiger partial charge in [-0.05, 0) is 22.7 Å². The third-order valence-electron chi connectivity index (χ3n) is 4.02. The highest BCUT2D eigenvalue weighted by Gasteiger charge is 2.38. The topological polar surface area (TPSA) is 72.5 Å². The van der Waals surface area contributed by atoms with Gasteiger partial charge in [-0.2, -0.15) is 0 Å². The number of sulfonamides is 1. The van der Waals surface area contributed by atoms with E-state index in [-0.39, 0.29) is 10.8 Å². The minimum atomic E-state index is -3.42. The van der Waals surface area contributed by atoms with Crippen LogP contribution in [0.4, 0.5) is 0 Å². The molecule has 0 bridgehead atoms. The highest BCUT2D eigenvalue weighted by Crippen LogP contribution is 2.34. The quantitative estimate of drug-likeness (QED) is 0.659. The maximum atomic E-state index is 12.4. The van der Waals surface area contributed by atoms with Crippen LogP contribution in [-0.2, 0) is 20.5 Å². The van der Waals surface area contributed by atoms with Crippen molar-refractivity contribution >= 4 is 24.2 Å². The van der Waals surface area contributed by atoms with Gasteiger partial charge in [-0.1, -0.05) is 46.0 Å². The normalized spacial score (nSPS) is 13.0. The predicted molar refractivity (Wildman–Crippen MR) is 90.7 cm³/mol. The van der Waals surface area contributed by atoms with Crippen molar-refractivity contribution in [2.45, 2.75) is 44.7 Å². The van der Waals surface area contributed by atoms with Crippen molar-refractivity contribution in [3.8, 4) is 0 Å². The van der Waals surface area contributed by atoms with Crippen LogP contribution in [0.5, 0.6) is 0 Å². The summed E-state index contributed by atoms with van der Waals surface area (Å²) in [4.78, 5) is 11.4. The highest BCUT2D eigenvalue weighted by molar-refractivity contribution is 7.90. The molecule has 0 aliphatic heterocycles. The van der Waals surface area contributed by atoms with E-state index >= 15 is 0 Å². The molecule has 0 saturated carbocycles. The Labute approximate surface area is 134 Å². The molecule has 1 rings (SSSR count). The van der Waals surface area contributed by atoms with Crippen LogP contribution in [0.3, 0.4) is 0 Å². The lowest BCUT2D eigenvalue weighted by molar-refractivity contribution is 0.0600. The molecule has 1 aromatic rings. The zero-order valence-electron chi connectivity index (χ0n) is 14.1. The van der Waals surface area contributed by atoms with E-state index in [1.54, 1.807) is 24.3 Å². The van der Waals surface area contributed by atoms with Crippen LogP contribution < -0.4 is 4.39 Å². The Morgan fingerprint density at radius 3 is 2.09 bits per heavy atom. The Hall–Kier alpha value is -1.18. The number of esters is 1. The molecular weight excluding hydrogens is 318 g/mol. The molecule has 124 valence electrons. The van der Waals surface area contributed by atoms with E-state index in [1.165, 1.54) is 7.11 Å². The lowest BCUT2D eigenvalue weighted by Crippen LogP contribution is -2.54. The fourth-order valence-corrected chi connectivity index (χ4v) is 6.91. The number of methoxy groups -OCH3 is 1. The van der Waals surface area contributed by atoms with Crippen molar-refractivity contribution in [1.82, 2.24) is 4.39 Å². The predicted octanol–water partition coefficient (Wildman–Crippen LogP) is 2.90. The van der Waals surface area contributed by atoms with Gasteiger partial charge in [0.05, 0.1) is 18.4 Å². The summed E-state index contributed by atoms with van der Waals surface area (Å²) in [7, 11) is -4.25. The van der Waals surface area contributed by atoms with Crippen LogP contribution in [0.2, 0.25) is 18.1 Å². The van der Waals surface area contributed by atoms with Gasteiger partial charge in [0.1, 0.15) is 8.24 Å². The van der Waals surface area contributed by atoms with Gasteiger partial charge in [-0.3, -0.25) is 0 Å². The number of nitrogens with one attached hydrogen (secondary N) is 1. The van der Waals surface area contributed by atoms with Crippen molar-refractivity contribution in [3.63, 3.8) is 0 Å². The molecule has 0 heterocycles. The summed E-state index contributed by atoms with van der Waals surface area (Å²) in [5.74, 6) is -0.533. The Morgan fingerprint density at radius 1 is 1.18 bits per heavy atom. The second-order valence-electron chi connectivity index (χ2n) is 6.92. The second-order valence-corrected chi connectivity index (χ2v) is 14.0. The largest absolute Gasteiger partial charge is 0.465 e. The zero-order chi connectivity index (χ0) is 17.2. The van der Waals surface area contributed by atoms with Crippen LogP contribution in [0.25, 0.3) is 0 Å². The van der Waals surface area contributed by atoms with Crippen molar-refractivity contribution in [2.24, 2.45) is 0 Å². The van der Waals surface area contributed by atoms with Crippen molar-refractivity contribution < 1.29 is 17.9 Å². The van der Waals surface area contributed by atoms with Gasteiger partial charge in [-0.25, -0.2) is 17.6 Å². The van der Waals surface area contributed by atoms with Gasteiger partial charge in [0.15, 0.2) is 0 Å². The first kappa shape index (κ1) is 18.9. The standard InChI is InChI=1S/C15H25NO4SSi/c1-15(2,3)22(5,6)16-21(18,19)11-12-7-9-13(10-8-12)14(17)20-4/h7-10,16H,11H2,1-6H3. The summed E-state index contributed by atoms with van der Waals surface area (Å²) in [6.07, 6.45) is 0. The van der Waals surface area contributed by atoms with E-state index in [0.717, 1.165) is 0 Å². The Balaban J connectivity index is 2.87. The third kappa shape index (κ3) is 4.93. The average molecular weight is 344 g/mol. The Bertz CT molecular complexity index is 631. The summed E-state index contributed by atoms with van der Waals surface area (Å²) in [5, 5.41) is -0.0746. The summed E-state index contributed by atoms with van der Waals surface area (Å²) >= 11 is 0. The lowest BCUT2D eigenvalue weighted by Gasteiger charge is -2.36. The van der Waals surface area contributed by atoms with Crippen LogP contribution in [0.15, 0.2) is 24.3 Å². The van der Waals surface area contributed by atoms with Gasteiger partial charge in [-0.15, -0.1) is 0 Å². The molecule has 0 amide bonds. The van der Waals surface area contributed by atoms with E-state index in [9.17, 15) is 13.2 Å². The van der Waals surface area contributed by atoms with Gasteiger partial charge >= 0.3 is 5.97 Å². The monoisotopic (exact) mass is 343 g/mol. The molecule has 0 saturated heterocycles. The number of benzene rings is 1. The second kappa shape index (κ2) is 6.52. The molecular formula is C15H25NO4SSi. The Morgan fingerprint density at radius 2 is 1.68 bits per heavy atom. The van der Waals surface area contributed by atoms with E-state index < -0.39 is 24.2 Å². The molecule has 0 unspecified atom stereocenters. The van der Waals surface area contributed by atoms with Crippen molar-refractivity contribution in [2.75, 3.05) is 7.11 Å². The van der Waals surface area contributed by atoms with Crippen LogP contribution in [0.1, 0.15) is 36.7 Å². The molecule has 0 aliphatic carbocycles. The minimum Gasteiger partial charge on any atom is -0.465 e. The molecule has 0 fully saturated rings. The van der Waals surface area contributed by atoms with Gasteiger partial charge in [0, 0.05) is 0 Å². The van der Waals surface area contributed by atoms with E-state index in [4.69, 9.17) is 0 Å². The first-order valence-electron chi connectivity index (χ1n) is 7.07. The number of hydrogen-bond acceptors (Lipinski definition) is 4. The molecule has 0 atom stereocenters. The first-order chi connectivity index (χ1) is 9.88. The van der Waals surface area contributed by atoms with Crippen LogP contribution >= 0.6 is 0 Å². The smallest absolute Gasteiger partial charge is 0.337 e. The number of rotatable bonds is 5. The number of hydrogen-bond donors (Lipinski definition) is 1. The molecule has 0 aromatic heterocycles. The zero-order valence-corrected chi connectivity index (χ0v) is 15.9. The van der Waals surface area contributed by atoms with Crippen molar-refractivity contribution in [3.05, 3.63) is 35.4 Å². The summed E-state index contributed by atoms with van der Waals surface area (Å²) in [6, 6.07) is 6.42. The third-order valence-corrected chi connectivity index (χ3v) is 11.8. The molecule has 0 spiro atoms. The SMILES string of the molecule is COC(=O)c1ccc(CS(=O)(=O)N[Si](C)(C)C(C)(C)C)cc1. The minimum absolute atomic E-state index is 0.0746. The molecule has 5 nitrogen and oxygen atoms in total. The summed E-state index contributed by atoms with van der Waals surface area (Å²) in [6.45, 7) is 10.2.